The maximum Gasteiger partial charge on any atom is 0.257 e. The van der Waals surface area contributed by atoms with E-state index in [1.807, 2.05) is 4.90 Å². The van der Waals surface area contributed by atoms with Crippen molar-refractivity contribution in [1.29, 1.82) is 0 Å². The van der Waals surface area contributed by atoms with E-state index < -0.39 is 16.6 Å². The highest BCUT2D eigenvalue weighted by molar-refractivity contribution is 6.86. The molecule has 1 amide bonds. The predicted molar refractivity (Wildman–Crippen MR) is 80.1 cm³/mol. The van der Waals surface area contributed by atoms with E-state index in [0.717, 1.165) is 0 Å². The fourth-order valence-corrected chi connectivity index (χ4v) is 11.8. The highest BCUT2D eigenvalue weighted by Crippen LogP contribution is 2.26. The van der Waals surface area contributed by atoms with Crippen LogP contribution < -0.4 is 0 Å². The molecule has 6 heteroatoms. The Hall–Kier alpha value is -1.12. The van der Waals surface area contributed by atoms with E-state index in [0.29, 0.717) is 17.9 Å². The molecule has 0 radical (unpaired) electrons. The molecule has 4 nitrogen and oxygen atoms in total. The van der Waals surface area contributed by atoms with Crippen LogP contribution >= 0.6 is 0 Å². The monoisotopic (exact) mass is 295 g/mol. The number of rotatable bonds is 1. The topological polar surface area (TPSA) is 49.8 Å². The zero-order chi connectivity index (χ0) is 14.3. The molecule has 2 rings (SSSR count). The van der Waals surface area contributed by atoms with Crippen LogP contribution in [0.15, 0.2) is 24.3 Å². The molecule has 0 atom stereocenters. The first-order valence-corrected chi connectivity index (χ1v) is 12.7. The van der Waals surface area contributed by atoms with E-state index >= 15 is 0 Å². The van der Waals surface area contributed by atoms with Gasteiger partial charge >= 0.3 is 0 Å². The van der Waals surface area contributed by atoms with E-state index in [1.54, 1.807) is 24.3 Å². The van der Waals surface area contributed by atoms with Crippen LogP contribution in [0.2, 0.25) is 26.2 Å². The first kappa shape index (κ1) is 14.3. The molecule has 1 saturated heterocycles. The highest BCUT2D eigenvalue weighted by Gasteiger charge is 2.43. The number of phenols is 1. The molecular formula is C13H21NO3Si2. The number of amides is 1. The van der Waals surface area contributed by atoms with Crippen molar-refractivity contribution in [3.8, 4) is 5.75 Å². The number of para-hydroxylation sites is 1. The van der Waals surface area contributed by atoms with Gasteiger partial charge in [0.15, 0.2) is 16.6 Å². The fraction of sp³-hybridized carbons (Fsp3) is 0.462. The summed E-state index contributed by atoms with van der Waals surface area (Å²) in [6.45, 7) is 8.58. The normalized spacial score (nSPS) is 21.2. The smallest absolute Gasteiger partial charge is 0.257 e. The standard InChI is InChI=1S/C13H21NO3Si2/c1-18(2)9-14(10-19(3,4)17-18)13(16)11-7-5-6-8-12(11)15/h5-8,15H,9-10H2,1-4H3. The summed E-state index contributed by atoms with van der Waals surface area (Å²) in [4.78, 5) is 14.4. The van der Waals surface area contributed by atoms with Crippen molar-refractivity contribution in [3.05, 3.63) is 29.8 Å². The maximum atomic E-state index is 12.6. The molecule has 0 unspecified atom stereocenters. The molecule has 0 aliphatic carbocycles. The Morgan fingerprint density at radius 3 is 2.21 bits per heavy atom. The Bertz CT molecular complexity index is 486. The van der Waals surface area contributed by atoms with Crippen LogP contribution in [0.4, 0.5) is 0 Å². The van der Waals surface area contributed by atoms with Crippen molar-refractivity contribution in [2.75, 3.05) is 12.3 Å². The van der Waals surface area contributed by atoms with E-state index in [-0.39, 0.29) is 11.7 Å². The van der Waals surface area contributed by atoms with Crippen LogP contribution in [-0.2, 0) is 4.12 Å². The van der Waals surface area contributed by atoms with E-state index in [2.05, 4.69) is 26.2 Å². The number of carbonyl (C=O) groups is 1. The van der Waals surface area contributed by atoms with Gasteiger partial charge in [-0.25, -0.2) is 0 Å². The van der Waals surface area contributed by atoms with Gasteiger partial charge in [-0.3, -0.25) is 4.79 Å². The van der Waals surface area contributed by atoms with Crippen molar-refractivity contribution in [2.24, 2.45) is 0 Å². The molecule has 1 aromatic carbocycles. The zero-order valence-corrected chi connectivity index (χ0v) is 13.9. The molecule has 1 aliphatic rings. The zero-order valence-electron chi connectivity index (χ0n) is 11.9. The third-order valence-electron chi connectivity index (χ3n) is 3.12. The quantitative estimate of drug-likeness (QED) is 0.809. The molecule has 104 valence electrons. The summed E-state index contributed by atoms with van der Waals surface area (Å²) >= 11 is 0. The first-order chi connectivity index (χ1) is 8.70. The molecule has 1 N–H and O–H groups in total. The Morgan fingerprint density at radius 2 is 1.68 bits per heavy atom. The van der Waals surface area contributed by atoms with E-state index in [4.69, 9.17) is 4.12 Å². The molecule has 1 fully saturated rings. The third-order valence-corrected chi connectivity index (χ3v) is 9.82. The summed E-state index contributed by atoms with van der Waals surface area (Å²) in [6, 6.07) is 6.73. The number of hydrogen-bond acceptors (Lipinski definition) is 3. The van der Waals surface area contributed by atoms with Crippen LogP contribution in [0.5, 0.6) is 5.75 Å². The Balaban J connectivity index is 2.27. The van der Waals surface area contributed by atoms with Crippen LogP contribution in [-0.4, -0.2) is 44.9 Å². The molecule has 0 aromatic heterocycles. The summed E-state index contributed by atoms with van der Waals surface area (Å²) in [6.07, 6.45) is 1.38. The fourth-order valence-electron chi connectivity index (χ4n) is 2.76. The average molecular weight is 295 g/mol. The van der Waals surface area contributed by atoms with Gasteiger partial charge in [-0.05, 0) is 38.3 Å². The minimum atomic E-state index is -1.82. The minimum absolute atomic E-state index is 0.0536. The van der Waals surface area contributed by atoms with Gasteiger partial charge in [-0.15, -0.1) is 0 Å². The summed E-state index contributed by atoms with van der Waals surface area (Å²) in [5.74, 6) is -0.0273. The van der Waals surface area contributed by atoms with Crippen LogP contribution in [0.3, 0.4) is 0 Å². The molecular weight excluding hydrogens is 274 g/mol. The van der Waals surface area contributed by atoms with Crippen molar-refractivity contribution < 1.29 is 14.0 Å². The van der Waals surface area contributed by atoms with Crippen molar-refractivity contribution in [3.63, 3.8) is 0 Å². The lowest BCUT2D eigenvalue weighted by molar-refractivity contribution is 0.0780. The lowest BCUT2D eigenvalue weighted by Gasteiger charge is -2.45. The third kappa shape index (κ3) is 3.26. The summed E-state index contributed by atoms with van der Waals surface area (Å²) in [5.41, 5.74) is 0.388. The van der Waals surface area contributed by atoms with E-state index in [1.165, 1.54) is 0 Å². The minimum Gasteiger partial charge on any atom is -0.507 e. The lowest BCUT2D eigenvalue weighted by atomic mass is 10.2. The molecule has 19 heavy (non-hydrogen) atoms. The van der Waals surface area contributed by atoms with Gasteiger partial charge in [0.25, 0.3) is 5.91 Å². The summed E-state index contributed by atoms with van der Waals surface area (Å²) < 4.78 is 6.23. The summed E-state index contributed by atoms with van der Waals surface area (Å²) in [7, 11) is -3.63. The van der Waals surface area contributed by atoms with Gasteiger partial charge in [-0.2, -0.15) is 0 Å². The molecule has 0 saturated carbocycles. The van der Waals surface area contributed by atoms with Crippen molar-refractivity contribution >= 4 is 22.5 Å². The van der Waals surface area contributed by atoms with Gasteiger partial charge in [0, 0.05) is 12.3 Å². The number of phenolic OH excluding ortho intramolecular Hbond substituents is 1. The van der Waals surface area contributed by atoms with Gasteiger partial charge in [0.2, 0.25) is 0 Å². The first-order valence-electron chi connectivity index (χ1n) is 6.48. The van der Waals surface area contributed by atoms with Crippen LogP contribution in [0.1, 0.15) is 10.4 Å². The number of benzene rings is 1. The second-order valence-corrected chi connectivity index (χ2v) is 14.8. The molecule has 1 heterocycles. The molecule has 0 bridgehead atoms. The Labute approximate surface area is 116 Å². The maximum absolute atomic E-state index is 12.6. The average Bonchev–Trinajstić information content (AvgIpc) is 2.24. The number of aromatic hydroxyl groups is 1. The summed E-state index contributed by atoms with van der Waals surface area (Å²) in [5, 5.41) is 9.82. The predicted octanol–water partition coefficient (Wildman–Crippen LogP) is 2.35. The molecule has 1 aliphatic heterocycles. The second kappa shape index (κ2) is 4.77. The number of nitrogens with zero attached hydrogens (tertiary/aromatic N) is 1. The number of hydrogen-bond donors (Lipinski definition) is 1. The van der Waals surface area contributed by atoms with Gasteiger partial charge < -0.3 is 14.1 Å². The molecule has 0 spiro atoms. The van der Waals surface area contributed by atoms with Crippen LogP contribution in [0.25, 0.3) is 0 Å². The van der Waals surface area contributed by atoms with Gasteiger partial charge in [0.1, 0.15) is 5.75 Å². The van der Waals surface area contributed by atoms with Crippen molar-refractivity contribution in [2.45, 2.75) is 26.2 Å². The second-order valence-electron chi connectivity index (χ2n) is 6.30. The Morgan fingerprint density at radius 1 is 1.16 bits per heavy atom. The van der Waals surface area contributed by atoms with Gasteiger partial charge in [0.05, 0.1) is 5.56 Å². The SMILES string of the molecule is C[Si]1(C)CN(C(=O)c2ccccc2O)C[Si](C)(C)O1. The van der Waals surface area contributed by atoms with Gasteiger partial charge in [-0.1, -0.05) is 12.1 Å². The van der Waals surface area contributed by atoms with Crippen LogP contribution in [0, 0.1) is 0 Å². The number of carbonyl (C=O) groups excluding carboxylic acids is 1. The lowest BCUT2D eigenvalue weighted by Crippen LogP contribution is -2.64. The largest absolute Gasteiger partial charge is 0.507 e. The molecule has 1 aromatic rings. The van der Waals surface area contributed by atoms with E-state index in [9.17, 15) is 9.90 Å². The van der Waals surface area contributed by atoms with Crippen molar-refractivity contribution in [1.82, 2.24) is 4.90 Å². The highest BCUT2D eigenvalue weighted by atomic mass is 28.4. The Kier molecular flexibility index (Phi) is 3.59.